The van der Waals surface area contributed by atoms with Gasteiger partial charge in [0, 0.05) is 39.0 Å². The summed E-state index contributed by atoms with van der Waals surface area (Å²) in [4.78, 5) is 23.9. The van der Waals surface area contributed by atoms with Crippen LogP contribution in [0.1, 0.15) is 40.0 Å². The zero-order valence-electron chi connectivity index (χ0n) is 18.5. The highest BCUT2D eigenvalue weighted by atomic mass is 16.5. The minimum atomic E-state index is 0.0886. The molecule has 0 N–H and O–H groups in total. The molecule has 0 radical (unpaired) electrons. The fourth-order valence-corrected chi connectivity index (χ4v) is 4.21. The highest BCUT2D eigenvalue weighted by Gasteiger charge is 2.31. The first kappa shape index (κ1) is 21.1. The Hall–Kier alpha value is -3.11. The first-order valence-electron chi connectivity index (χ1n) is 10.8. The molecular weight excluding hydrogens is 390 g/mol. The van der Waals surface area contributed by atoms with Crippen molar-refractivity contribution in [3.8, 4) is 11.8 Å². The van der Waals surface area contributed by atoms with Crippen molar-refractivity contribution in [3.63, 3.8) is 0 Å². The number of pyridine rings is 1. The van der Waals surface area contributed by atoms with Crippen LogP contribution in [0.2, 0.25) is 0 Å². The van der Waals surface area contributed by atoms with Gasteiger partial charge in [-0.15, -0.1) is 0 Å². The van der Waals surface area contributed by atoms with Gasteiger partial charge in [0.1, 0.15) is 17.7 Å². The highest BCUT2D eigenvalue weighted by molar-refractivity contribution is 5.98. The third-order valence-electron chi connectivity index (χ3n) is 5.95. The first-order chi connectivity index (χ1) is 14.9. The maximum atomic E-state index is 12.7. The second kappa shape index (κ2) is 8.94. The van der Waals surface area contributed by atoms with E-state index in [0.29, 0.717) is 18.7 Å². The molecule has 0 atom stereocenters. The molecule has 2 aliphatic rings. The van der Waals surface area contributed by atoms with Crippen LogP contribution in [0.5, 0.6) is 5.75 Å². The molecule has 4 rings (SSSR count). The standard InChI is InChI=1S/C24H29N5O2/c1-17-13-21-22(16-29(24(21)30)12-11-27(2)3)26-23(17)28-9-7-19(8-10-28)31-20-6-4-5-18(14-20)15-25/h4-6,13-14,19H,7-12,16H2,1-3H3. The van der Waals surface area contributed by atoms with Crippen molar-refractivity contribution in [3.05, 3.63) is 52.7 Å². The van der Waals surface area contributed by atoms with Crippen molar-refractivity contribution in [1.82, 2.24) is 14.8 Å². The lowest BCUT2D eigenvalue weighted by Gasteiger charge is -2.34. The van der Waals surface area contributed by atoms with Gasteiger partial charge in [-0.05, 0) is 50.8 Å². The van der Waals surface area contributed by atoms with Gasteiger partial charge in [-0.2, -0.15) is 5.26 Å². The lowest BCUT2D eigenvalue weighted by Crippen LogP contribution is -2.39. The van der Waals surface area contributed by atoms with Gasteiger partial charge in [-0.3, -0.25) is 4.79 Å². The highest BCUT2D eigenvalue weighted by Crippen LogP contribution is 2.29. The Morgan fingerprint density at radius 3 is 2.74 bits per heavy atom. The Morgan fingerprint density at radius 2 is 2.03 bits per heavy atom. The van der Waals surface area contributed by atoms with E-state index >= 15 is 0 Å². The third kappa shape index (κ3) is 4.64. The Morgan fingerprint density at radius 1 is 1.26 bits per heavy atom. The van der Waals surface area contributed by atoms with Crippen LogP contribution >= 0.6 is 0 Å². The summed E-state index contributed by atoms with van der Waals surface area (Å²) >= 11 is 0. The lowest BCUT2D eigenvalue weighted by atomic mass is 10.1. The van der Waals surface area contributed by atoms with Crippen LogP contribution in [-0.4, -0.2) is 67.1 Å². The van der Waals surface area contributed by atoms with E-state index in [2.05, 4.69) is 15.9 Å². The number of aromatic nitrogens is 1. The molecule has 2 aromatic rings. The van der Waals surface area contributed by atoms with Gasteiger partial charge < -0.3 is 19.4 Å². The Bertz CT molecular complexity index is 1010. The second-order valence-corrected chi connectivity index (χ2v) is 8.60. The number of nitriles is 1. The van der Waals surface area contributed by atoms with Crippen LogP contribution in [0.4, 0.5) is 5.82 Å². The summed E-state index contributed by atoms with van der Waals surface area (Å²) in [5, 5.41) is 9.06. The van der Waals surface area contributed by atoms with Gasteiger partial charge >= 0.3 is 0 Å². The molecule has 31 heavy (non-hydrogen) atoms. The number of piperidine rings is 1. The number of carbonyl (C=O) groups is 1. The van der Waals surface area contributed by atoms with Crippen molar-refractivity contribution in [2.24, 2.45) is 0 Å². The maximum absolute atomic E-state index is 12.7. The van der Waals surface area contributed by atoms with Crippen molar-refractivity contribution < 1.29 is 9.53 Å². The summed E-state index contributed by atoms with van der Waals surface area (Å²) in [5.41, 5.74) is 3.29. The molecule has 1 aromatic carbocycles. The summed E-state index contributed by atoms with van der Waals surface area (Å²) in [6.07, 6.45) is 1.91. The molecule has 7 nitrogen and oxygen atoms in total. The number of benzene rings is 1. The van der Waals surface area contributed by atoms with E-state index in [0.717, 1.165) is 60.9 Å². The quantitative estimate of drug-likeness (QED) is 0.717. The van der Waals surface area contributed by atoms with E-state index in [4.69, 9.17) is 15.0 Å². The number of amides is 1. The Kier molecular flexibility index (Phi) is 6.10. The van der Waals surface area contributed by atoms with E-state index in [9.17, 15) is 4.79 Å². The third-order valence-corrected chi connectivity index (χ3v) is 5.95. The van der Waals surface area contributed by atoms with Crippen LogP contribution in [0.25, 0.3) is 0 Å². The van der Waals surface area contributed by atoms with Gasteiger partial charge in [0.25, 0.3) is 5.91 Å². The first-order valence-corrected chi connectivity index (χ1v) is 10.8. The largest absolute Gasteiger partial charge is 0.490 e. The average molecular weight is 420 g/mol. The Labute approximate surface area is 183 Å². The zero-order chi connectivity index (χ0) is 22.0. The number of aryl methyl sites for hydroxylation is 1. The molecule has 1 amide bonds. The fraction of sp³-hybridized carbons (Fsp3) is 0.458. The van der Waals surface area contributed by atoms with Gasteiger partial charge in [0.05, 0.1) is 29.4 Å². The predicted molar refractivity (Wildman–Crippen MR) is 119 cm³/mol. The zero-order valence-corrected chi connectivity index (χ0v) is 18.5. The number of nitrogens with zero attached hydrogens (tertiary/aromatic N) is 5. The number of ether oxygens (including phenoxy) is 1. The normalized spacial score (nSPS) is 16.5. The minimum Gasteiger partial charge on any atom is -0.490 e. The molecule has 1 fully saturated rings. The van der Waals surface area contributed by atoms with Crippen LogP contribution in [0.15, 0.2) is 30.3 Å². The van der Waals surface area contributed by atoms with Crippen LogP contribution in [-0.2, 0) is 6.54 Å². The van der Waals surface area contributed by atoms with Crippen molar-refractivity contribution in [1.29, 1.82) is 5.26 Å². The lowest BCUT2D eigenvalue weighted by molar-refractivity contribution is 0.0767. The molecule has 0 unspecified atom stereocenters. The van der Waals surface area contributed by atoms with Crippen LogP contribution in [0, 0.1) is 18.3 Å². The van der Waals surface area contributed by atoms with E-state index in [-0.39, 0.29) is 12.0 Å². The molecule has 0 bridgehead atoms. The van der Waals surface area contributed by atoms with Gasteiger partial charge in [0.2, 0.25) is 0 Å². The van der Waals surface area contributed by atoms with Crippen molar-refractivity contribution >= 4 is 11.7 Å². The number of anilines is 1. The number of carbonyl (C=O) groups excluding carboxylic acids is 1. The molecule has 1 saturated heterocycles. The molecule has 1 aromatic heterocycles. The van der Waals surface area contributed by atoms with E-state index in [1.807, 2.05) is 44.1 Å². The SMILES string of the molecule is Cc1cc2c(nc1N1CCC(Oc3cccc(C#N)c3)CC1)CN(CCN(C)C)C2=O. The van der Waals surface area contributed by atoms with Gasteiger partial charge in [-0.25, -0.2) is 4.98 Å². The van der Waals surface area contributed by atoms with E-state index in [1.165, 1.54) is 0 Å². The number of fused-ring (bicyclic) bond motifs is 1. The number of hydrogen-bond donors (Lipinski definition) is 0. The van der Waals surface area contributed by atoms with Crippen molar-refractivity contribution in [2.45, 2.75) is 32.4 Å². The number of likely N-dealkylation sites (N-methyl/N-ethyl adjacent to an activating group) is 1. The summed E-state index contributed by atoms with van der Waals surface area (Å²) in [5.74, 6) is 1.82. The molecule has 2 aliphatic heterocycles. The summed E-state index contributed by atoms with van der Waals surface area (Å²) < 4.78 is 6.11. The molecule has 0 aliphatic carbocycles. The van der Waals surface area contributed by atoms with E-state index in [1.54, 1.807) is 12.1 Å². The molecule has 3 heterocycles. The van der Waals surface area contributed by atoms with Gasteiger partial charge in [-0.1, -0.05) is 6.07 Å². The smallest absolute Gasteiger partial charge is 0.256 e. The van der Waals surface area contributed by atoms with Crippen molar-refractivity contribution in [2.75, 3.05) is 45.2 Å². The molecule has 7 heteroatoms. The van der Waals surface area contributed by atoms with E-state index < -0.39 is 0 Å². The van der Waals surface area contributed by atoms with Gasteiger partial charge in [0.15, 0.2) is 0 Å². The molecule has 0 spiro atoms. The predicted octanol–water partition coefficient (Wildman–Crippen LogP) is 2.83. The number of rotatable bonds is 6. The number of hydrogen-bond acceptors (Lipinski definition) is 6. The summed E-state index contributed by atoms with van der Waals surface area (Å²) in [7, 11) is 4.03. The minimum absolute atomic E-state index is 0.0886. The molecule has 0 saturated carbocycles. The summed E-state index contributed by atoms with van der Waals surface area (Å²) in [6.45, 7) is 5.89. The fourth-order valence-electron chi connectivity index (χ4n) is 4.21. The molecule has 162 valence electrons. The van der Waals surface area contributed by atoms with Crippen LogP contribution < -0.4 is 9.64 Å². The van der Waals surface area contributed by atoms with Crippen LogP contribution in [0.3, 0.4) is 0 Å². The Balaban J connectivity index is 1.40. The summed E-state index contributed by atoms with van der Waals surface area (Å²) in [6, 6.07) is 11.5. The maximum Gasteiger partial charge on any atom is 0.256 e. The molecular formula is C24H29N5O2. The average Bonchev–Trinajstić information content (AvgIpc) is 3.07. The second-order valence-electron chi connectivity index (χ2n) is 8.60. The topological polar surface area (TPSA) is 72.7 Å². The monoisotopic (exact) mass is 419 g/mol.